The quantitative estimate of drug-likeness (QED) is 0.853. The summed E-state index contributed by atoms with van der Waals surface area (Å²) in [5, 5.41) is 8.40. The van der Waals surface area contributed by atoms with Gasteiger partial charge in [-0.15, -0.1) is 0 Å². The molecule has 0 saturated carbocycles. The molecule has 0 aliphatic heterocycles. The summed E-state index contributed by atoms with van der Waals surface area (Å²) in [7, 11) is 1.85. The van der Waals surface area contributed by atoms with Crippen LogP contribution in [0.15, 0.2) is 10.9 Å². The van der Waals surface area contributed by atoms with Crippen molar-refractivity contribution in [2.75, 3.05) is 0 Å². The SMILES string of the molecule is Cn1cc(CCC(=O)O)nc1Br. The highest BCUT2D eigenvalue weighted by molar-refractivity contribution is 9.10. The van der Waals surface area contributed by atoms with E-state index in [2.05, 4.69) is 20.9 Å². The molecule has 0 bridgehead atoms. The fraction of sp³-hybridized carbons (Fsp3) is 0.429. The average molecular weight is 233 g/mol. The lowest BCUT2D eigenvalue weighted by Crippen LogP contribution is -1.97. The number of aromatic nitrogens is 2. The van der Waals surface area contributed by atoms with Crippen LogP contribution in [-0.2, 0) is 18.3 Å². The Morgan fingerprint density at radius 3 is 2.92 bits per heavy atom. The molecule has 0 radical (unpaired) electrons. The third-order valence-corrected chi connectivity index (χ3v) is 2.20. The first-order chi connectivity index (χ1) is 5.59. The molecule has 0 unspecified atom stereocenters. The number of hydrogen-bond donors (Lipinski definition) is 1. The van der Waals surface area contributed by atoms with Gasteiger partial charge in [0, 0.05) is 19.7 Å². The minimum atomic E-state index is -0.795. The van der Waals surface area contributed by atoms with Crippen molar-refractivity contribution in [3.05, 3.63) is 16.6 Å². The van der Waals surface area contributed by atoms with Gasteiger partial charge in [-0.3, -0.25) is 4.79 Å². The number of nitrogens with zero attached hydrogens (tertiary/aromatic N) is 2. The summed E-state index contributed by atoms with van der Waals surface area (Å²) < 4.78 is 2.53. The molecule has 0 atom stereocenters. The Hall–Kier alpha value is -0.840. The maximum Gasteiger partial charge on any atom is 0.303 e. The van der Waals surface area contributed by atoms with Crippen molar-refractivity contribution in [3.8, 4) is 0 Å². The Balaban J connectivity index is 2.58. The Kier molecular flexibility index (Phi) is 2.86. The number of rotatable bonds is 3. The molecule has 0 aliphatic carbocycles. The second-order valence-corrected chi connectivity index (χ2v) is 3.22. The van der Waals surface area contributed by atoms with E-state index >= 15 is 0 Å². The van der Waals surface area contributed by atoms with Gasteiger partial charge in [0.15, 0.2) is 4.73 Å². The maximum absolute atomic E-state index is 10.2. The molecule has 66 valence electrons. The van der Waals surface area contributed by atoms with Gasteiger partial charge < -0.3 is 9.67 Å². The lowest BCUT2D eigenvalue weighted by atomic mass is 10.2. The summed E-state index contributed by atoms with van der Waals surface area (Å²) in [5.41, 5.74) is 0.798. The molecule has 0 spiro atoms. The van der Waals surface area contributed by atoms with Crippen LogP contribution in [0.25, 0.3) is 0 Å². The predicted octanol–water partition coefficient (Wildman–Crippen LogP) is 1.20. The monoisotopic (exact) mass is 232 g/mol. The van der Waals surface area contributed by atoms with E-state index in [4.69, 9.17) is 5.11 Å². The molecule has 0 saturated heterocycles. The van der Waals surface area contributed by atoms with E-state index in [9.17, 15) is 4.79 Å². The van der Waals surface area contributed by atoms with Crippen LogP contribution < -0.4 is 0 Å². The number of carbonyl (C=O) groups is 1. The van der Waals surface area contributed by atoms with Crippen LogP contribution in [0.2, 0.25) is 0 Å². The highest BCUT2D eigenvalue weighted by Crippen LogP contribution is 2.09. The predicted molar refractivity (Wildman–Crippen MR) is 46.9 cm³/mol. The van der Waals surface area contributed by atoms with E-state index in [1.807, 2.05) is 13.2 Å². The zero-order valence-corrected chi connectivity index (χ0v) is 8.21. The van der Waals surface area contributed by atoms with Crippen molar-refractivity contribution in [2.24, 2.45) is 7.05 Å². The first-order valence-corrected chi connectivity index (χ1v) is 4.28. The standard InChI is InChI=1S/C7H9BrN2O2/c1-10-4-5(9-7(10)8)2-3-6(11)12/h4H,2-3H2,1H3,(H,11,12). The molecular weight excluding hydrogens is 224 g/mol. The lowest BCUT2D eigenvalue weighted by molar-refractivity contribution is -0.136. The van der Waals surface area contributed by atoms with Crippen LogP contribution in [0.3, 0.4) is 0 Å². The van der Waals surface area contributed by atoms with Gasteiger partial charge >= 0.3 is 5.97 Å². The Morgan fingerprint density at radius 2 is 2.50 bits per heavy atom. The number of carboxylic acids is 1. The molecule has 1 aromatic rings. The molecule has 1 rings (SSSR count). The molecule has 12 heavy (non-hydrogen) atoms. The summed E-state index contributed by atoms with van der Waals surface area (Å²) in [6.45, 7) is 0. The summed E-state index contributed by atoms with van der Waals surface area (Å²) in [4.78, 5) is 14.3. The largest absolute Gasteiger partial charge is 0.481 e. The summed E-state index contributed by atoms with van der Waals surface area (Å²) in [6, 6.07) is 0. The zero-order valence-electron chi connectivity index (χ0n) is 6.62. The van der Waals surface area contributed by atoms with Crippen LogP contribution >= 0.6 is 15.9 Å². The van der Waals surface area contributed by atoms with Crippen molar-refractivity contribution in [2.45, 2.75) is 12.8 Å². The lowest BCUT2D eigenvalue weighted by Gasteiger charge is -1.89. The second-order valence-electron chi connectivity index (χ2n) is 2.51. The molecular formula is C7H9BrN2O2. The van der Waals surface area contributed by atoms with E-state index in [0.29, 0.717) is 6.42 Å². The van der Waals surface area contributed by atoms with Gasteiger partial charge in [-0.25, -0.2) is 4.98 Å². The van der Waals surface area contributed by atoms with Gasteiger partial charge in [0.25, 0.3) is 0 Å². The molecule has 0 fully saturated rings. The van der Waals surface area contributed by atoms with Gasteiger partial charge in [0.1, 0.15) is 0 Å². The molecule has 1 N–H and O–H groups in total. The number of aryl methyl sites for hydroxylation is 2. The minimum absolute atomic E-state index is 0.128. The van der Waals surface area contributed by atoms with Gasteiger partial charge in [0.2, 0.25) is 0 Å². The van der Waals surface area contributed by atoms with Gasteiger partial charge in [-0.1, -0.05) is 0 Å². The highest BCUT2D eigenvalue weighted by Gasteiger charge is 2.04. The Labute approximate surface area is 78.4 Å². The van der Waals surface area contributed by atoms with Crippen molar-refractivity contribution in [3.63, 3.8) is 0 Å². The molecule has 0 aliphatic rings. The maximum atomic E-state index is 10.2. The molecule has 1 heterocycles. The van der Waals surface area contributed by atoms with E-state index in [1.165, 1.54) is 0 Å². The van der Waals surface area contributed by atoms with E-state index in [1.54, 1.807) is 4.57 Å². The number of hydrogen-bond acceptors (Lipinski definition) is 2. The van der Waals surface area contributed by atoms with Gasteiger partial charge in [-0.2, -0.15) is 0 Å². The fourth-order valence-corrected chi connectivity index (χ4v) is 1.19. The smallest absolute Gasteiger partial charge is 0.303 e. The summed E-state index contributed by atoms with van der Waals surface area (Å²) in [6.07, 6.45) is 2.42. The first-order valence-electron chi connectivity index (χ1n) is 3.49. The molecule has 1 aromatic heterocycles. The molecule has 4 nitrogen and oxygen atoms in total. The molecule has 5 heteroatoms. The van der Waals surface area contributed by atoms with E-state index < -0.39 is 5.97 Å². The third kappa shape index (κ3) is 2.34. The van der Waals surface area contributed by atoms with E-state index in [-0.39, 0.29) is 6.42 Å². The summed E-state index contributed by atoms with van der Waals surface area (Å²) in [5.74, 6) is -0.795. The second kappa shape index (κ2) is 3.71. The summed E-state index contributed by atoms with van der Waals surface area (Å²) >= 11 is 3.23. The molecule has 0 amide bonds. The van der Waals surface area contributed by atoms with Crippen LogP contribution in [0.4, 0.5) is 0 Å². The topological polar surface area (TPSA) is 55.1 Å². The number of aliphatic carboxylic acids is 1. The van der Waals surface area contributed by atoms with Crippen molar-refractivity contribution < 1.29 is 9.90 Å². The van der Waals surface area contributed by atoms with Crippen molar-refractivity contribution in [1.82, 2.24) is 9.55 Å². The Bertz CT molecular complexity index is 276. The van der Waals surface area contributed by atoms with Gasteiger partial charge in [0.05, 0.1) is 12.1 Å². The number of carboxylic acid groups (broad SMARTS) is 1. The average Bonchev–Trinajstić information content (AvgIpc) is 2.28. The third-order valence-electron chi connectivity index (χ3n) is 1.46. The highest BCUT2D eigenvalue weighted by atomic mass is 79.9. The van der Waals surface area contributed by atoms with Gasteiger partial charge in [-0.05, 0) is 15.9 Å². The Morgan fingerprint density at radius 1 is 1.83 bits per heavy atom. The van der Waals surface area contributed by atoms with Crippen LogP contribution in [-0.4, -0.2) is 20.6 Å². The minimum Gasteiger partial charge on any atom is -0.481 e. The molecule has 0 aromatic carbocycles. The van der Waals surface area contributed by atoms with Crippen LogP contribution in [0.5, 0.6) is 0 Å². The zero-order chi connectivity index (χ0) is 9.14. The van der Waals surface area contributed by atoms with Crippen molar-refractivity contribution in [1.29, 1.82) is 0 Å². The van der Waals surface area contributed by atoms with E-state index in [0.717, 1.165) is 10.4 Å². The van der Waals surface area contributed by atoms with Crippen molar-refractivity contribution >= 4 is 21.9 Å². The van der Waals surface area contributed by atoms with Crippen LogP contribution in [0, 0.1) is 0 Å². The first kappa shape index (κ1) is 9.25. The number of halogens is 1. The van der Waals surface area contributed by atoms with Crippen LogP contribution in [0.1, 0.15) is 12.1 Å². The normalized spacial score (nSPS) is 10.2. The number of imidazole rings is 1. The fourth-order valence-electron chi connectivity index (χ4n) is 0.858.